The maximum Gasteiger partial charge on any atom is 0.271 e. The molecule has 2 aliphatic rings. The predicted octanol–water partition coefficient (Wildman–Crippen LogP) is 4.04. The molecule has 2 atom stereocenters. The van der Waals surface area contributed by atoms with Crippen molar-refractivity contribution in [1.82, 2.24) is 9.47 Å². The van der Waals surface area contributed by atoms with Crippen LogP contribution in [0, 0.1) is 17.1 Å². The Morgan fingerprint density at radius 2 is 2.05 bits per heavy atom. The Kier molecular flexibility index (Phi) is 6.08. The monoisotopic (exact) mass is 522 g/mol. The number of rotatable bonds is 3. The van der Waals surface area contributed by atoms with Gasteiger partial charge in [-0.3, -0.25) is 9.59 Å². The lowest BCUT2D eigenvalue weighted by Crippen LogP contribution is -2.58. The molecule has 0 spiro atoms. The quantitative estimate of drug-likeness (QED) is 0.521. The Bertz CT molecular complexity index is 1560. The molecule has 8 nitrogen and oxygen atoms in total. The number of phenolic OH excluding ortho intramolecular Hbond substituents is 1. The van der Waals surface area contributed by atoms with Crippen LogP contribution in [0.25, 0.3) is 22.0 Å². The fourth-order valence-corrected chi connectivity index (χ4v) is 5.67. The molecule has 3 heterocycles. The van der Waals surface area contributed by atoms with Crippen molar-refractivity contribution in [1.29, 1.82) is 5.26 Å². The van der Waals surface area contributed by atoms with E-state index >= 15 is 0 Å². The smallest absolute Gasteiger partial charge is 0.271 e. The van der Waals surface area contributed by atoms with Crippen LogP contribution in [0.2, 0.25) is 5.02 Å². The summed E-state index contributed by atoms with van der Waals surface area (Å²) in [5.41, 5.74) is 0.231. The molecule has 0 bridgehead atoms. The van der Waals surface area contributed by atoms with Gasteiger partial charge in [0.1, 0.15) is 29.8 Å². The Labute approximate surface area is 217 Å². The zero-order chi connectivity index (χ0) is 26.6. The van der Waals surface area contributed by atoms with E-state index in [2.05, 4.69) is 12.6 Å². The molecule has 2 aromatic carbocycles. The van der Waals surface area contributed by atoms with E-state index in [0.717, 1.165) is 0 Å². The highest BCUT2D eigenvalue weighted by atomic mass is 35.5. The van der Waals surface area contributed by atoms with Crippen molar-refractivity contribution in [2.75, 3.05) is 24.6 Å². The largest absolute Gasteiger partial charge is 0.507 e. The number of carbonyl (C=O) groups is 1. The predicted molar refractivity (Wildman–Crippen MR) is 139 cm³/mol. The highest BCUT2D eigenvalue weighted by Gasteiger charge is 2.36. The Morgan fingerprint density at radius 1 is 1.30 bits per heavy atom. The summed E-state index contributed by atoms with van der Waals surface area (Å²) in [6.07, 6.45) is 1.27. The molecule has 1 fully saturated rings. The third kappa shape index (κ3) is 3.71. The van der Waals surface area contributed by atoms with Crippen LogP contribution < -0.4 is 15.2 Å². The second-order valence-electron chi connectivity index (χ2n) is 9.28. The third-order valence-electron chi connectivity index (χ3n) is 7.07. The van der Waals surface area contributed by atoms with Gasteiger partial charge in [0.05, 0.1) is 33.9 Å². The van der Waals surface area contributed by atoms with E-state index in [1.165, 1.54) is 28.8 Å². The number of phenols is 1. The minimum absolute atomic E-state index is 0.0412. The van der Waals surface area contributed by atoms with E-state index in [1.807, 2.05) is 18.7 Å². The summed E-state index contributed by atoms with van der Waals surface area (Å²) in [5.74, 6) is -1.04. The lowest BCUT2D eigenvalue weighted by molar-refractivity contribution is -0.128. The molecule has 0 aliphatic carbocycles. The van der Waals surface area contributed by atoms with Crippen LogP contribution in [0.3, 0.4) is 0 Å². The van der Waals surface area contributed by atoms with E-state index in [1.54, 1.807) is 11.0 Å². The van der Waals surface area contributed by atoms with E-state index in [-0.39, 0.29) is 64.4 Å². The number of hydrogen-bond acceptors (Lipinski definition) is 6. The van der Waals surface area contributed by atoms with Crippen molar-refractivity contribution in [2.45, 2.75) is 32.5 Å². The van der Waals surface area contributed by atoms with Crippen LogP contribution in [0.4, 0.5) is 10.1 Å². The number of halogens is 2. The third-order valence-corrected chi connectivity index (χ3v) is 7.37. The SMILES string of the molecule is C=CC(=O)N1C[C@H](C)N(c2c(C#N)c(=O)n3c4c(c(-c5c(O)cccc5F)c(Cl)cc24)OCC3)C[C@H]1C. The number of ether oxygens (including phenoxy) is 1. The molecule has 10 heteroatoms. The molecule has 190 valence electrons. The first kappa shape index (κ1) is 24.7. The van der Waals surface area contributed by atoms with Crippen LogP contribution >= 0.6 is 11.6 Å². The second kappa shape index (κ2) is 9.12. The Balaban J connectivity index is 1.82. The zero-order valence-electron chi connectivity index (χ0n) is 20.3. The van der Waals surface area contributed by atoms with Gasteiger partial charge in [-0.25, -0.2) is 4.39 Å². The summed E-state index contributed by atoms with van der Waals surface area (Å²) in [6.45, 7) is 8.38. The summed E-state index contributed by atoms with van der Waals surface area (Å²) in [7, 11) is 0. The average Bonchev–Trinajstić information content (AvgIpc) is 2.87. The summed E-state index contributed by atoms with van der Waals surface area (Å²) < 4.78 is 22.3. The lowest BCUT2D eigenvalue weighted by atomic mass is 9.96. The molecule has 2 aliphatic heterocycles. The van der Waals surface area contributed by atoms with Gasteiger partial charge in [0.2, 0.25) is 5.91 Å². The Morgan fingerprint density at radius 3 is 2.73 bits per heavy atom. The number of anilines is 1. The molecule has 1 aromatic heterocycles. The first-order chi connectivity index (χ1) is 17.7. The standard InChI is InChI=1S/C27H24ClFN4O4/c1-4-21(35)32-12-15(3)33(13-14(32)2)24-16-10-18(28)22(23-19(29)6-5-7-20(23)34)26-25(16)31(8-9-37-26)27(36)17(24)11-30/h4-7,10,14-15,34H,1,8-9,12-13H2,2-3H3/t14-,15+/m1/s1. The molecule has 0 radical (unpaired) electrons. The van der Waals surface area contributed by atoms with Gasteiger partial charge in [-0.2, -0.15) is 5.26 Å². The Hall–Kier alpha value is -4.03. The van der Waals surface area contributed by atoms with E-state index < -0.39 is 11.4 Å². The molecule has 3 aromatic rings. The van der Waals surface area contributed by atoms with Gasteiger partial charge in [0.15, 0.2) is 5.75 Å². The summed E-state index contributed by atoms with van der Waals surface area (Å²) >= 11 is 6.73. The molecular weight excluding hydrogens is 499 g/mol. The van der Waals surface area contributed by atoms with Gasteiger partial charge in [-0.05, 0) is 38.1 Å². The van der Waals surface area contributed by atoms with E-state index in [9.17, 15) is 24.3 Å². The number of carbonyl (C=O) groups excluding carboxylic acids is 1. The van der Waals surface area contributed by atoms with Crippen LogP contribution in [0.5, 0.6) is 11.5 Å². The minimum Gasteiger partial charge on any atom is -0.507 e. The average molecular weight is 523 g/mol. The highest BCUT2D eigenvalue weighted by molar-refractivity contribution is 6.35. The van der Waals surface area contributed by atoms with Crippen molar-refractivity contribution < 1.29 is 19.0 Å². The molecule has 1 saturated heterocycles. The number of aromatic nitrogens is 1. The first-order valence-electron chi connectivity index (χ1n) is 11.8. The first-order valence-corrected chi connectivity index (χ1v) is 12.2. The topological polar surface area (TPSA) is 98.8 Å². The maximum atomic E-state index is 14.9. The summed E-state index contributed by atoms with van der Waals surface area (Å²) in [4.78, 5) is 29.6. The number of benzene rings is 2. The normalized spacial score (nSPS) is 18.9. The lowest BCUT2D eigenvalue weighted by Gasteiger charge is -2.45. The number of hydrogen-bond donors (Lipinski definition) is 1. The van der Waals surface area contributed by atoms with E-state index in [0.29, 0.717) is 29.7 Å². The van der Waals surface area contributed by atoms with Gasteiger partial charge >= 0.3 is 0 Å². The van der Waals surface area contributed by atoms with Crippen molar-refractivity contribution in [3.8, 4) is 28.7 Å². The van der Waals surface area contributed by atoms with Crippen molar-refractivity contribution >= 4 is 34.1 Å². The van der Waals surface area contributed by atoms with Gasteiger partial charge < -0.3 is 24.2 Å². The van der Waals surface area contributed by atoms with E-state index in [4.69, 9.17) is 16.3 Å². The maximum absolute atomic E-state index is 14.9. The number of nitrogens with zero attached hydrogens (tertiary/aromatic N) is 4. The molecule has 1 N–H and O–H groups in total. The minimum atomic E-state index is -0.695. The summed E-state index contributed by atoms with van der Waals surface area (Å²) in [5, 5.41) is 21.2. The second-order valence-corrected chi connectivity index (χ2v) is 9.69. The highest BCUT2D eigenvalue weighted by Crippen LogP contribution is 2.49. The van der Waals surface area contributed by atoms with Gasteiger partial charge in [-0.15, -0.1) is 0 Å². The van der Waals surface area contributed by atoms with Crippen molar-refractivity contribution in [2.24, 2.45) is 0 Å². The molecule has 0 saturated carbocycles. The van der Waals surface area contributed by atoms with Crippen LogP contribution in [-0.4, -0.2) is 52.3 Å². The van der Waals surface area contributed by atoms with Gasteiger partial charge in [0, 0.05) is 30.6 Å². The van der Waals surface area contributed by atoms with Gasteiger partial charge in [-0.1, -0.05) is 24.2 Å². The van der Waals surface area contributed by atoms with Crippen molar-refractivity contribution in [3.05, 3.63) is 63.7 Å². The van der Waals surface area contributed by atoms with Gasteiger partial charge in [0.25, 0.3) is 5.56 Å². The number of aromatic hydroxyl groups is 1. The number of amides is 1. The molecular formula is C27H24ClFN4O4. The molecule has 37 heavy (non-hydrogen) atoms. The summed E-state index contributed by atoms with van der Waals surface area (Å²) in [6, 6.07) is 7.13. The van der Waals surface area contributed by atoms with Crippen LogP contribution in [0.15, 0.2) is 41.7 Å². The van der Waals surface area contributed by atoms with Crippen LogP contribution in [0.1, 0.15) is 19.4 Å². The number of pyridine rings is 1. The fourth-order valence-electron chi connectivity index (χ4n) is 5.38. The fraction of sp³-hybridized carbons (Fsp3) is 0.296. The molecule has 0 unspecified atom stereocenters. The van der Waals surface area contributed by atoms with Crippen LogP contribution in [-0.2, 0) is 11.3 Å². The molecule has 5 rings (SSSR count). The van der Waals surface area contributed by atoms with Crippen molar-refractivity contribution in [3.63, 3.8) is 0 Å². The number of piperazine rings is 1. The zero-order valence-corrected chi connectivity index (χ0v) is 21.0. The molecule has 1 amide bonds. The number of nitriles is 1.